The molecule has 1 unspecified atom stereocenters. The standard InChI is InChI=1S/C15H30N2O/c1-13(2)9-15(5-3-4-6-15)12-17-11-14-10-16-7-8-18-14/h13-14,16-17H,3-12H2,1-2H3. The van der Waals surface area contributed by atoms with Crippen LogP contribution in [-0.4, -0.2) is 38.9 Å². The quantitative estimate of drug-likeness (QED) is 0.762. The van der Waals surface area contributed by atoms with Gasteiger partial charge < -0.3 is 15.4 Å². The van der Waals surface area contributed by atoms with Crippen LogP contribution < -0.4 is 10.6 Å². The van der Waals surface area contributed by atoms with Gasteiger partial charge in [0.25, 0.3) is 0 Å². The third-order valence-corrected chi connectivity index (χ3v) is 4.38. The van der Waals surface area contributed by atoms with Gasteiger partial charge >= 0.3 is 0 Å². The molecular formula is C15H30N2O. The fraction of sp³-hybridized carbons (Fsp3) is 1.00. The van der Waals surface area contributed by atoms with E-state index in [2.05, 4.69) is 24.5 Å². The van der Waals surface area contributed by atoms with Crippen LogP contribution in [0.5, 0.6) is 0 Å². The van der Waals surface area contributed by atoms with Crippen molar-refractivity contribution in [3.05, 3.63) is 0 Å². The van der Waals surface area contributed by atoms with Crippen molar-refractivity contribution < 1.29 is 4.74 Å². The van der Waals surface area contributed by atoms with E-state index in [1.54, 1.807) is 0 Å². The second kappa shape index (κ2) is 6.88. The highest BCUT2D eigenvalue weighted by molar-refractivity contribution is 4.88. The summed E-state index contributed by atoms with van der Waals surface area (Å²) < 4.78 is 5.73. The number of ether oxygens (including phenoxy) is 1. The topological polar surface area (TPSA) is 33.3 Å². The van der Waals surface area contributed by atoms with Gasteiger partial charge in [-0.15, -0.1) is 0 Å². The maximum atomic E-state index is 5.73. The first kappa shape index (κ1) is 14.3. The molecule has 1 heterocycles. The highest BCUT2D eigenvalue weighted by Crippen LogP contribution is 2.42. The van der Waals surface area contributed by atoms with E-state index in [1.807, 2.05) is 0 Å². The van der Waals surface area contributed by atoms with Gasteiger partial charge in [-0.1, -0.05) is 26.7 Å². The van der Waals surface area contributed by atoms with Gasteiger partial charge in [-0.3, -0.25) is 0 Å². The molecule has 0 spiro atoms. The third kappa shape index (κ3) is 4.22. The molecule has 106 valence electrons. The first-order valence-electron chi connectivity index (χ1n) is 7.73. The lowest BCUT2D eigenvalue weighted by Gasteiger charge is -2.32. The molecule has 1 aliphatic carbocycles. The van der Waals surface area contributed by atoms with Gasteiger partial charge in [-0.25, -0.2) is 0 Å². The lowest BCUT2D eigenvalue weighted by molar-refractivity contribution is 0.0271. The van der Waals surface area contributed by atoms with Crippen molar-refractivity contribution in [2.45, 2.75) is 52.1 Å². The van der Waals surface area contributed by atoms with E-state index in [0.717, 1.165) is 32.2 Å². The fourth-order valence-corrected chi connectivity index (χ4v) is 3.69. The van der Waals surface area contributed by atoms with Crippen LogP contribution in [0.15, 0.2) is 0 Å². The predicted octanol–water partition coefficient (Wildman–Crippen LogP) is 2.17. The Balaban J connectivity index is 1.72. The summed E-state index contributed by atoms with van der Waals surface area (Å²) in [5.41, 5.74) is 0.580. The van der Waals surface area contributed by atoms with E-state index < -0.39 is 0 Å². The van der Waals surface area contributed by atoms with Crippen molar-refractivity contribution in [1.82, 2.24) is 10.6 Å². The molecule has 2 rings (SSSR count). The second-order valence-corrected chi connectivity index (χ2v) is 6.63. The summed E-state index contributed by atoms with van der Waals surface area (Å²) in [7, 11) is 0. The van der Waals surface area contributed by atoms with Crippen molar-refractivity contribution in [2.24, 2.45) is 11.3 Å². The average Bonchev–Trinajstić information content (AvgIpc) is 2.78. The Morgan fingerprint density at radius 1 is 1.33 bits per heavy atom. The Bertz CT molecular complexity index is 231. The normalized spacial score (nSPS) is 27.8. The number of nitrogens with one attached hydrogen (secondary N) is 2. The molecule has 3 nitrogen and oxygen atoms in total. The zero-order valence-corrected chi connectivity index (χ0v) is 12.1. The van der Waals surface area contributed by atoms with Crippen LogP contribution >= 0.6 is 0 Å². The summed E-state index contributed by atoms with van der Waals surface area (Å²) in [4.78, 5) is 0. The monoisotopic (exact) mass is 254 g/mol. The van der Waals surface area contributed by atoms with Crippen LogP contribution in [-0.2, 0) is 4.74 Å². The van der Waals surface area contributed by atoms with Gasteiger partial charge in [0.1, 0.15) is 0 Å². The van der Waals surface area contributed by atoms with Crippen molar-refractivity contribution >= 4 is 0 Å². The molecular weight excluding hydrogens is 224 g/mol. The zero-order valence-electron chi connectivity index (χ0n) is 12.1. The molecule has 0 aromatic rings. The van der Waals surface area contributed by atoms with E-state index in [1.165, 1.54) is 38.6 Å². The Morgan fingerprint density at radius 2 is 2.11 bits per heavy atom. The van der Waals surface area contributed by atoms with E-state index in [4.69, 9.17) is 4.74 Å². The molecule has 1 atom stereocenters. The number of rotatable bonds is 6. The Morgan fingerprint density at radius 3 is 2.72 bits per heavy atom. The van der Waals surface area contributed by atoms with Crippen LogP contribution in [0.25, 0.3) is 0 Å². The van der Waals surface area contributed by atoms with Gasteiger partial charge in [0.05, 0.1) is 12.7 Å². The van der Waals surface area contributed by atoms with Crippen LogP contribution in [0.1, 0.15) is 46.0 Å². The highest BCUT2D eigenvalue weighted by Gasteiger charge is 2.34. The molecule has 18 heavy (non-hydrogen) atoms. The summed E-state index contributed by atoms with van der Waals surface area (Å²) in [6.45, 7) is 9.78. The summed E-state index contributed by atoms with van der Waals surface area (Å²) >= 11 is 0. The van der Waals surface area contributed by atoms with Crippen molar-refractivity contribution in [2.75, 3.05) is 32.8 Å². The number of hydrogen-bond donors (Lipinski definition) is 2. The van der Waals surface area contributed by atoms with Crippen LogP contribution in [0, 0.1) is 11.3 Å². The fourth-order valence-electron chi connectivity index (χ4n) is 3.69. The average molecular weight is 254 g/mol. The first-order valence-corrected chi connectivity index (χ1v) is 7.73. The van der Waals surface area contributed by atoms with Crippen molar-refractivity contribution in [1.29, 1.82) is 0 Å². The number of hydrogen-bond acceptors (Lipinski definition) is 3. The molecule has 3 heteroatoms. The van der Waals surface area contributed by atoms with Crippen molar-refractivity contribution in [3.63, 3.8) is 0 Å². The minimum Gasteiger partial charge on any atom is -0.374 e. The van der Waals surface area contributed by atoms with E-state index in [0.29, 0.717) is 11.5 Å². The van der Waals surface area contributed by atoms with Crippen LogP contribution in [0.4, 0.5) is 0 Å². The maximum absolute atomic E-state index is 5.73. The summed E-state index contributed by atoms with van der Waals surface area (Å²) in [6.07, 6.45) is 7.44. The molecule has 0 aromatic carbocycles. The highest BCUT2D eigenvalue weighted by atomic mass is 16.5. The van der Waals surface area contributed by atoms with Crippen molar-refractivity contribution in [3.8, 4) is 0 Å². The molecule has 0 bridgehead atoms. The lowest BCUT2D eigenvalue weighted by Crippen LogP contribution is -2.46. The van der Waals surface area contributed by atoms with Crippen LogP contribution in [0.3, 0.4) is 0 Å². The summed E-state index contributed by atoms with van der Waals surface area (Å²) in [5.74, 6) is 0.817. The molecule has 2 aliphatic rings. The SMILES string of the molecule is CC(C)CC1(CNCC2CNCCO2)CCCC1. The molecule has 0 radical (unpaired) electrons. The molecule has 0 aromatic heterocycles. The second-order valence-electron chi connectivity index (χ2n) is 6.63. The van der Waals surface area contributed by atoms with E-state index in [-0.39, 0.29) is 0 Å². The van der Waals surface area contributed by atoms with E-state index in [9.17, 15) is 0 Å². The first-order chi connectivity index (χ1) is 8.70. The zero-order chi connectivity index (χ0) is 12.8. The molecule has 0 amide bonds. The smallest absolute Gasteiger partial charge is 0.0824 e. The molecule has 1 saturated heterocycles. The Kier molecular flexibility index (Phi) is 5.46. The minimum atomic E-state index is 0.372. The largest absolute Gasteiger partial charge is 0.374 e. The number of morpholine rings is 1. The van der Waals surface area contributed by atoms with Gasteiger partial charge in [0.15, 0.2) is 0 Å². The third-order valence-electron chi connectivity index (χ3n) is 4.38. The minimum absolute atomic E-state index is 0.372. The molecule has 2 N–H and O–H groups in total. The van der Waals surface area contributed by atoms with Crippen LogP contribution in [0.2, 0.25) is 0 Å². The van der Waals surface area contributed by atoms with Gasteiger partial charge in [-0.05, 0) is 30.6 Å². The summed E-state index contributed by atoms with van der Waals surface area (Å²) in [5, 5.41) is 7.07. The lowest BCUT2D eigenvalue weighted by atomic mass is 9.78. The Hall–Kier alpha value is -0.120. The van der Waals surface area contributed by atoms with E-state index >= 15 is 0 Å². The maximum Gasteiger partial charge on any atom is 0.0824 e. The summed E-state index contributed by atoms with van der Waals surface area (Å²) in [6, 6.07) is 0. The molecule has 2 fully saturated rings. The molecule has 1 aliphatic heterocycles. The Labute approximate surface area is 112 Å². The van der Waals surface area contributed by atoms with Gasteiger partial charge in [0.2, 0.25) is 0 Å². The predicted molar refractivity (Wildman–Crippen MR) is 75.8 cm³/mol. The molecule has 1 saturated carbocycles. The van der Waals surface area contributed by atoms with Gasteiger partial charge in [0, 0.05) is 26.2 Å². The van der Waals surface area contributed by atoms with Gasteiger partial charge in [-0.2, -0.15) is 0 Å².